The monoisotopic (exact) mass is 505 g/mol. The number of alkyl halides is 13. The molecule has 32 heavy (non-hydrogen) atoms. The molecule has 0 rings (SSSR count). The number of halogens is 13. The van der Waals surface area contributed by atoms with E-state index >= 15 is 0 Å². The van der Waals surface area contributed by atoms with Gasteiger partial charge < -0.3 is 4.74 Å². The summed E-state index contributed by atoms with van der Waals surface area (Å²) in [4.78, 5) is 12.2. The maximum absolute atomic E-state index is 13.8. The summed E-state index contributed by atoms with van der Waals surface area (Å²) in [6.45, 7) is 0.0575. The predicted octanol–water partition coefficient (Wildman–Crippen LogP) is 5.84. The zero-order valence-corrected chi connectivity index (χ0v) is 16.6. The number of hydrogen-bond acceptors (Lipinski definition) is 3. The van der Waals surface area contributed by atoms with Crippen molar-refractivity contribution in [2.75, 3.05) is 26.7 Å². The van der Waals surface area contributed by atoms with E-state index in [4.69, 9.17) is 0 Å². The van der Waals surface area contributed by atoms with Crippen molar-refractivity contribution in [2.24, 2.45) is 11.8 Å². The molecule has 0 bridgehead atoms. The van der Waals surface area contributed by atoms with Crippen LogP contribution in [0.4, 0.5) is 57.1 Å². The Bertz CT molecular complexity index is 581. The number of methoxy groups -OCH3 is 1. The van der Waals surface area contributed by atoms with Crippen LogP contribution in [0.25, 0.3) is 0 Å². The van der Waals surface area contributed by atoms with Gasteiger partial charge in [-0.25, -0.2) is 4.39 Å². The molecule has 0 saturated heterocycles. The number of rotatable bonds is 10. The predicted molar refractivity (Wildman–Crippen MR) is 83.0 cm³/mol. The SMILES string of the molecule is CCN(CCC(CC(CC(F)(C(F)(F)F)C(F)(F)F)C(F)(F)F)C(F)(F)F)CC(=O)OC. The first-order chi connectivity index (χ1) is 14.1. The molecule has 0 radical (unpaired) electrons. The molecule has 0 saturated carbocycles. The van der Waals surface area contributed by atoms with Gasteiger partial charge in [0.15, 0.2) is 0 Å². The van der Waals surface area contributed by atoms with Crippen molar-refractivity contribution in [1.29, 1.82) is 0 Å². The molecule has 0 aliphatic carbocycles. The van der Waals surface area contributed by atoms with Crippen molar-refractivity contribution >= 4 is 5.97 Å². The van der Waals surface area contributed by atoms with Crippen LogP contribution in [0.3, 0.4) is 0 Å². The van der Waals surface area contributed by atoms with Crippen LogP contribution in [0.15, 0.2) is 0 Å². The largest absolute Gasteiger partial charge is 0.468 e. The fraction of sp³-hybridized carbons (Fsp3) is 0.938. The number of carbonyl (C=O) groups is 1. The van der Waals surface area contributed by atoms with Gasteiger partial charge in [0.1, 0.15) is 0 Å². The fourth-order valence-corrected chi connectivity index (χ4v) is 2.76. The first-order valence-electron chi connectivity index (χ1n) is 8.85. The van der Waals surface area contributed by atoms with Gasteiger partial charge >= 0.3 is 30.7 Å². The van der Waals surface area contributed by atoms with Crippen molar-refractivity contribution in [3.05, 3.63) is 0 Å². The molecule has 0 aromatic carbocycles. The van der Waals surface area contributed by atoms with Crippen molar-refractivity contribution in [3.8, 4) is 0 Å². The highest BCUT2D eigenvalue weighted by molar-refractivity contribution is 5.71. The molecule has 0 heterocycles. The zero-order valence-electron chi connectivity index (χ0n) is 16.6. The highest BCUT2D eigenvalue weighted by Crippen LogP contribution is 2.53. The van der Waals surface area contributed by atoms with Crippen molar-refractivity contribution in [2.45, 2.75) is 56.6 Å². The highest BCUT2D eigenvalue weighted by Gasteiger charge is 2.74. The molecule has 0 aliphatic heterocycles. The average Bonchev–Trinajstić information content (AvgIpc) is 2.58. The molecule has 0 spiro atoms. The van der Waals surface area contributed by atoms with Gasteiger partial charge in [-0.3, -0.25) is 9.69 Å². The van der Waals surface area contributed by atoms with E-state index in [1.54, 1.807) is 0 Å². The molecule has 2 atom stereocenters. The number of esters is 1. The lowest BCUT2D eigenvalue weighted by Gasteiger charge is -2.35. The molecule has 2 unspecified atom stereocenters. The maximum atomic E-state index is 13.8. The second-order valence-electron chi connectivity index (χ2n) is 6.95. The molecule has 0 aliphatic rings. The molecule has 16 heteroatoms. The standard InChI is InChI=1S/C16H20F13NO2/c1-3-30(8-11(31)32-2)5-4-9(13(18,19)20)6-10(14(21,22)23)7-12(17,15(24,25)26)16(27,28)29/h9-10H,3-8H2,1-2H3. The Morgan fingerprint density at radius 2 is 1.25 bits per heavy atom. The number of nitrogens with zero attached hydrogens (tertiary/aromatic N) is 1. The quantitative estimate of drug-likeness (QED) is 0.276. The lowest BCUT2D eigenvalue weighted by atomic mass is 9.82. The number of ether oxygens (including phenoxy) is 1. The zero-order chi connectivity index (χ0) is 25.8. The van der Waals surface area contributed by atoms with Gasteiger partial charge in [0.2, 0.25) is 0 Å². The van der Waals surface area contributed by atoms with Gasteiger partial charge in [0.25, 0.3) is 5.67 Å². The fourth-order valence-electron chi connectivity index (χ4n) is 2.76. The van der Waals surface area contributed by atoms with Crippen LogP contribution in [-0.4, -0.2) is 68.0 Å². The second-order valence-corrected chi connectivity index (χ2v) is 6.95. The van der Waals surface area contributed by atoms with Crippen LogP contribution >= 0.6 is 0 Å². The van der Waals surface area contributed by atoms with E-state index in [9.17, 15) is 61.9 Å². The van der Waals surface area contributed by atoms with Crippen molar-refractivity contribution in [3.63, 3.8) is 0 Å². The van der Waals surface area contributed by atoms with E-state index in [2.05, 4.69) is 4.74 Å². The Labute approximate surface area is 173 Å². The number of hydrogen-bond donors (Lipinski definition) is 0. The number of likely N-dealkylation sites (N-methyl/N-ethyl adjacent to an activating group) is 1. The summed E-state index contributed by atoms with van der Waals surface area (Å²) in [5.41, 5.74) is -6.36. The van der Waals surface area contributed by atoms with Crippen LogP contribution < -0.4 is 0 Å². The molecule has 0 fully saturated rings. The van der Waals surface area contributed by atoms with Gasteiger partial charge in [-0.1, -0.05) is 6.92 Å². The van der Waals surface area contributed by atoms with E-state index < -0.39 is 80.5 Å². The summed E-state index contributed by atoms with van der Waals surface area (Å²) < 4.78 is 173. The van der Waals surface area contributed by atoms with Crippen LogP contribution in [0, 0.1) is 11.8 Å². The highest BCUT2D eigenvalue weighted by atomic mass is 19.4. The van der Waals surface area contributed by atoms with E-state index in [0.29, 0.717) is 0 Å². The minimum Gasteiger partial charge on any atom is -0.468 e. The molecule has 0 aromatic heterocycles. The lowest BCUT2D eigenvalue weighted by molar-refractivity contribution is -0.353. The van der Waals surface area contributed by atoms with Crippen LogP contribution in [0.5, 0.6) is 0 Å². The van der Waals surface area contributed by atoms with Crippen LogP contribution in [-0.2, 0) is 9.53 Å². The van der Waals surface area contributed by atoms with Gasteiger partial charge in [-0.2, -0.15) is 52.7 Å². The summed E-state index contributed by atoms with van der Waals surface area (Å²) in [7, 11) is 0.952. The number of carbonyl (C=O) groups excluding carboxylic acids is 1. The summed E-state index contributed by atoms with van der Waals surface area (Å²) in [5, 5.41) is 0. The Hall–Kier alpha value is -1.48. The smallest absolute Gasteiger partial charge is 0.431 e. The van der Waals surface area contributed by atoms with Crippen molar-refractivity contribution in [1.82, 2.24) is 4.90 Å². The molecule has 0 amide bonds. The summed E-state index contributed by atoms with van der Waals surface area (Å²) in [6.07, 6.45) is -31.9. The van der Waals surface area contributed by atoms with Gasteiger partial charge in [-0.15, -0.1) is 0 Å². The third-order valence-corrected chi connectivity index (χ3v) is 4.74. The second kappa shape index (κ2) is 10.6. The lowest BCUT2D eigenvalue weighted by Crippen LogP contribution is -2.55. The summed E-state index contributed by atoms with van der Waals surface area (Å²) in [5.74, 6) is -7.83. The topological polar surface area (TPSA) is 29.5 Å². The van der Waals surface area contributed by atoms with E-state index in [1.165, 1.54) is 6.92 Å². The Morgan fingerprint density at radius 3 is 1.56 bits per heavy atom. The minimum absolute atomic E-state index is 0.0713. The Morgan fingerprint density at radius 1 is 0.812 bits per heavy atom. The Kier molecular flexibility index (Phi) is 10.1. The third kappa shape index (κ3) is 8.46. The van der Waals surface area contributed by atoms with Crippen molar-refractivity contribution < 1.29 is 66.6 Å². The first-order valence-corrected chi connectivity index (χ1v) is 8.85. The molecule has 3 nitrogen and oxygen atoms in total. The maximum Gasteiger partial charge on any atom is 0.431 e. The van der Waals surface area contributed by atoms with Crippen LogP contribution in [0.1, 0.15) is 26.2 Å². The molecule has 0 N–H and O–H groups in total. The van der Waals surface area contributed by atoms with Crippen LogP contribution in [0.2, 0.25) is 0 Å². The molecule has 192 valence electrons. The summed E-state index contributed by atoms with van der Waals surface area (Å²) >= 11 is 0. The van der Waals surface area contributed by atoms with Gasteiger partial charge in [-0.05, 0) is 25.9 Å². The minimum atomic E-state index is -6.85. The summed E-state index contributed by atoms with van der Waals surface area (Å²) in [6, 6.07) is 0. The molecular weight excluding hydrogens is 485 g/mol. The Balaban J connectivity index is 5.85. The average molecular weight is 505 g/mol. The first kappa shape index (κ1) is 30.5. The molecule has 0 aromatic rings. The normalized spacial score (nSPS) is 16.2. The van der Waals surface area contributed by atoms with Gasteiger partial charge in [0, 0.05) is 6.42 Å². The van der Waals surface area contributed by atoms with Gasteiger partial charge in [0.05, 0.1) is 25.5 Å². The van der Waals surface area contributed by atoms with E-state index in [1.807, 2.05) is 0 Å². The van der Waals surface area contributed by atoms with E-state index in [-0.39, 0.29) is 6.54 Å². The molecular formula is C16H20F13NO2. The van der Waals surface area contributed by atoms with E-state index in [0.717, 1.165) is 12.0 Å². The third-order valence-electron chi connectivity index (χ3n) is 4.74.